The van der Waals surface area contributed by atoms with Crippen LogP contribution >= 0.6 is 35.6 Å². The summed E-state index contributed by atoms with van der Waals surface area (Å²) < 4.78 is 27.2. The van der Waals surface area contributed by atoms with Crippen molar-refractivity contribution in [2.45, 2.75) is 36.6 Å². The molecule has 1 aliphatic heterocycles. The quantitative estimate of drug-likeness (QED) is 0.880. The second-order valence-corrected chi connectivity index (χ2v) is 7.54. The van der Waals surface area contributed by atoms with E-state index in [-0.39, 0.29) is 33.4 Å². The van der Waals surface area contributed by atoms with Gasteiger partial charge in [-0.1, -0.05) is 35.7 Å². The third kappa shape index (κ3) is 4.03. The van der Waals surface area contributed by atoms with Gasteiger partial charge in [0.2, 0.25) is 10.0 Å². The zero-order valence-corrected chi connectivity index (χ0v) is 14.6. The van der Waals surface area contributed by atoms with Crippen LogP contribution in [0.25, 0.3) is 0 Å². The second kappa shape index (κ2) is 7.99. The summed E-state index contributed by atoms with van der Waals surface area (Å²) in [7, 11) is -3.68. The van der Waals surface area contributed by atoms with Gasteiger partial charge in [-0.2, -0.15) is 4.31 Å². The van der Waals surface area contributed by atoms with E-state index in [0.717, 1.165) is 19.3 Å². The predicted octanol–water partition coefficient (Wildman–Crippen LogP) is 3.31. The van der Waals surface area contributed by atoms with Crippen LogP contribution in [0.5, 0.6) is 0 Å². The number of rotatable bonds is 4. The highest BCUT2D eigenvalue weighted by atomic mass is 35.5. The first-order valence-electron chi connectivity index (χ1n) is 6.64. The fourth-order valence-electron chi connectivity index (χ4n) is 2.62. The van der Waals surface area contributed by atoms with Crippen molar-refractivity contribution in [3.8, 4) is 0 Å². The van der Waals surface area contributed by atoms with Crippen LogP contribution < -0.4 is 5.73 Å². The molecule has 4 nitrogen and oxygen atoms in total. The van der Waals surface area contributed by atoms with Crippen LogP contribution in [0.15, 0.2) is 23.1 Å². The van der Waals surface area contributed by atoms with Crippen molar-refractivity contribution >= 4 is 45.6 Å². The molecule has 1 fully saturated rings. The minimum atomic E-state index is -3.68. The highest BCUT2D eigenvalue weighted by molar-refractivity contribution is 7.89. The third-order valence-corrected chi connectivity index (χ3v) is 6.47. The summed E-state index contributed by atoms with van der Waals surface area (Å²) in [4.78, 5) is 0.00672. The summed E-state index contributed by atoms with van der Waals surface area (Å²) in [5.41, 5.74) is 5.59. The summed E-state index contributed by atoms with van der Waals surface area (Å²) in [6.07, 6.45) is 3.36. The Labute approximate surface area is 142 Å². The molecule has 1 aliphatic rings. The summed E-state index contributed by atoms with van der Waals surface area (Å²) in [5.74, 6) is 0. The molecule has 1 unspecified atom stereocenters. The lowest BCUT2D eigenvalue weighted by molar-refractivity contribution is 0.243. The van der Waals surface area contributed by atoms with Crippen molar-refractivity contribution in [1.82, 2.24) is 4.31 Å². The molecule has 0 saturated carbocycles. The van der Waals surface area contributed by atoms with E-state index in [1.54, 1.807) is 18.2 Å². The molecule has 0 bridgehead atoms. The Hall–Kier alpha value is -0.0400. The first-order valence-corrected chi connectivity index (χ1v) is 8.84. The monoisotopic (exact) mass is 372 g/mol. The largest absolute Gasteiger partial charge is 0.330 e. The van der Waals surface area contributed by atoms with Gasteiger partial charge in [0.25, 0.3) is 0 Å². The molecule has 2 N–H and O–H groups in total. The van der Waals surface area contributed by atoms with E-state index in [4.69, 9.17) is 28.9 Å². The molecule has 120 valence electrons. The Bertz CT molecular complexity index is 559. The number of sulfonamides is 1. The van der Waals surface area contributed by atoms with E-state index in [1.807, 2.05) is 0 Å². The first-order chi connectivity index (χ1) is 9.48. The van der Waals surface area contributed by atoms with Crippen molar-refractivity contribution in [3.63, 3.8) is 0 Å². The molecule has 1 aromatic carbocycles. The molecule has 1 saturated heterocycles. The Morgan fingerprint density at radius 1 is 1.24 bits per heavy atom. The minimum Gasteiger partial charge on any atom is -0.330 e. The fourth-order valence-corrected chi connectivity index (χ4v) is 5.44. The SMILES string of the molecule is Cl.NCCC1CCCCN1S(=O)(=O)c1c(Cl)cccc1Cl. The molecule has 1 heterocycles. The van der Waals surface area contributed by atoms with E-state index in [2.05, 4.69) is 0 Å². The van der Waals surface area contributed by atoms with Gasteiger partial charge in [-0.15, -0.1) is 12.4 Å². The third-order valence-electron chi connectivity index (χ3n) is 3.56. The lowest BCUT2D eigenvalue weighted by atomic mass is 10.0. The van der Waals surface area contributed by atoms with Crippen LogP contribution in [-0.4, -0.2) is 31.9 Å². The molecule has 0 amide bonds. The number of piperidine rings is 1. The van der Waals surface area contributed by atoms with Crippen molar-refractivity contribution < 1.29 is 8.42 Å². The van der Waals surface area contributed by atoms with E-state index < -0.39 is 10.0 Å². The van der Waals surface area contributed by atoms with Gasteiger partial charge in [-0.25, -0.2) is 8.42 Å². The molecule has 8 heteroatoms. The highest BCUT2D eigenvalue weighted by Gasteiger charge is 2.35. The van der Waals surface area contributed by atoms with Crippen LogP contribution in [0.1, 0.15) is 25.7 Å². The summed E-state index contributed by atoms with van der Waals surface area (Å²) in [5, 5.41) is 0.323. The Morgan fingerprint density at radius 3 is 2.43 bits per heavy atom. The molecule has 0 aromatic heterocycles. The van der Waals surface area contributed by atoms with Crippen LogP contribution in [0.2, 0.25) is 10.0 Å². The molecule has 0 aliphatic carbocycles. The number of nitrogens with two attached hydrogens (primary N) is 1. The number of hydrogen-bond donors (Lipinski definition) is 1. The Balaban J connectivity index is 0.00000220. The molecular formula is C13H19Cl3N2O2S. The maximum Gasteiger partial charge on any atom is 0.246 e. The van der Waals surface area contributed by atoms with Crippen molar-refractivity contribution in [2.24, 2.45) is 5.73 Å². The smallest absolute Gasteiger partial charge is 0.246 e. The molecule has 1 aromatic rings. The van der Waals surface area contributed by atoms with E-state index in [0.29, 0.717) is 19.5 Å². The standard InChI is InChI=1S/C13H18Cl2N2O2S.ClH/c14-11-5-3-6-12(15)13(11)20(18,19)17-9-2-1-4-10(17)7-8-16;/h3,5-6,10H,1-2,4,7-9,16H2;1H. The van der Waals surface area contributed by atoms with E-state index >= 15 is 0 Å². The Morgan fingerprint density at radius 2 is 1.86 bits per heavy atom. The summed E-state index contributed by atoms with van der Waals surface area (Å²) in [6.45, 7) is 0.960. The molecule has 0 spiro atoms. The van der Waals surface area contributed by atoms with Gasteiger partial charge >= 0.3 is 0 Å². The fraction of sp³-hybridized carbons (Fsp3) is 0.538. The Kier molecular flexibility index (Phi) is 7.24. The molecule has 2 rings (SSSR count). The summed E-state index contributed by atoms with van der Waals surface area (Å²) in [6, 6.07) is 4.66. The maximum absolute atomic E-state index is 12.8. The van der Waals surface area contributed by atoms with E-state index in [9.17, 15) is 8.42 Å². The van der Waals surface area contributed by atoms with Crippen LogP contribution in [0, 0.1) is 0 Å². The number of hydrogen-bond acceptors (Lipinski definition) is 3. The zero-order chi connectivity index (χ0) is 14.8. The van der Waals surface area contributed by atoms with Gasteiger partial charge in [0.1, 0.15) is 4.90 Å². The maximum atomic E-state index is 12.8. The van der Waals surface area contributed by atoms with Gasteiger partial charge in [-0.05, 0) is 37.9 Å². The van der Waals surface area contributed by atoms with Gasteiger partial charge in [0, 0.05) is 12.6 Å². The van der Waals surface area contributed by atoms with Gasteiger partial charge in [-0.3, -0.25) is 0 Å². The van der Waals surface area contributed by atoms with Gasteiger partial charge in [0.05, 0.1) is 10.0 Å². The first kappa shape index (κ1) is 19.0. The van der Waals surface area contributed by atoms with Crippen molar-refractivity contribution in [1.29, 1.82) is 0 Å². The van der Waals surface area contributed by atoms with Gasteiger partial charge in [0.15, 0.2) is 0 Å². The van der Waals surface area contributed by atoms with Crippen molar-refractivity contribution in [2.75, 3.05) is 13.1 Å². The van der Waals surface area contributed by atoms with Crippen LogP contribution in [0.4, 0.5) is 0 Å². The van der Waals surface area contributed by atoms with Crippen LogP contribution in [0.3, 0.4) is 0 Å². The summed E-state index contributed by atoms with van der Waals surface area (Å²) >= 11 is 12.1. The average Bonchev–Trinajstić information content (AvgIpc) is 2.39. The number of nitrogens with zero attached hydrogens (tertiary/aromatic N) is 1. The predicted molar refractivity (Wildman–Crippen MR) is 88.9 cm³/mol. The lowest BCUT2D eigenvalue weighted by Gasteiger charge is -2.34. The second-order valence-electron chi connectivity index (χ2n) is 4.89. The highest BCUT2D eigenvalue weighted by Crippen LogP contribution is 2.34. The molecule has 21 heavy (non-hydrogen) atoms. The van der Waals surface area contributed by atoms with Crippen LogP contribution in [-0.2, 0) is 10.0 Å². The number of halogens is 3. The minimum absolute atomic E-state index is 0. The normalized spacial score (nSPS) is 20.0. The molecule has 0 radical (unpaired) electrons. The van der Waals surface area contributed by atoms with Crippen molar-refractivity contribution in [3.05, 3.63) is 28.2 Å². The number of benzene rings is 1. The van der Waals surface area contributed by atoms with Gasteiger partial charge < -0.3 is 5.73 Å². The topological polar surface area (TPSA) is 63.4 Å². The zero-order valence-electron chi connectivity index (χ0n) is 11.5. The van der Waals surface area contributed by atoms with E-state index in [1.165, 1.54) is 4.31 Å². The lowest BCUT2D eigenvalue weighted by Crippen LogP contribution is -2.44. The average molecular weight is 374 g/mol. The molecule has 1 atom stereocenters. The molecular weight excluding hydrogens is 355 g/mol.